The van der Waals surface area contributed by atoms with Gasteiger partial charge in [-0.25, -0.2) is 4.98 Å². The molecule has 0 amide bonds. The highest BCUT2D eigenvalue weighted by Crippen LogP contribution is 2.30. The van der Waals surface area contributed by atoms with Crippen molar-refractivity contribution in [3.63, 3.8) is 0 Å². The van der Waals surface area contributed by atoms with Crippen LogP contribution in [0, 0.1) is 5.92 Å². The number of halogens is 1. The van der Waals surface area contributed by atoms with Crippen molar-refractivity contribution in [2.45, 2.75) is 25.3 Å². The Morgan fingerprint density at radius 1 is 1.18 bits per heavy atom. The summed E-state index contributed by atoms with van der Waals surface area (Å²) in [5, 5.41) is 14.3. The summed E-state index contributed by atoms with van der Waals surface area (Å²) in [6.45, 7) is 1.36. The lowest BCUT2D eigenvalue weighted by Gasteiger charge is -2.30. The van der Waals surface area contributed by atoms with Gasteiger partial charge in [0.2, 0.25) is 12.7 Å². The largest absolute Gasteiger partial charge is 0.481 e. The number of benzene rings is 2. The van der Waals surface area contributed by atoms with Gasteiger partial charge in [0.15, 0.2) is 5.76 Å². The average Bonchev–Trinajstić information content (AvgIpc) is 3.39. The van der Waals surface area contributed by atoms with Crippen molar-refractivity contribution < 1.29 is 19.4 Å². The SMILES string of the molecule is O=C(O)C1CCN(c2nc(NC(Cc3ccccc3)C3=COCO3)c3cc(Cl)ccc3n2)CC1. The Bertz CT molecular complexity index is 1210. The quantitative estimate of drug-likeness (QED) is 0.512. The number of rotatable bonds is 7. The number of piperidine rings is 1. The lowest BCUT2D eigenvalue weighted by atomic mass is 9.97. The number of carbonyl (C=O) groups is 1. The number of nitrogens with zero attached hydrogens (tertiary/aromatic N) is 3. The molecule has 3 heterocycles. The molecule has 8 nitrogen and oxygen atoms in total. The highest BCUT2D eigenvalue weighted by atomic mass is 35.5. The van der Waals surface area contributed by atoms with Crippen molar-refractivity contribution in [1.29, 1.82) is 0 Å². The number of hydrogen-bond donors (Lipinski definition) is 2. The van der Waals surface area contributed by atoms with E-state index in [1.54, 1.807) is 12.3 Å². The number of fused-ring (bicyclic) bond motifs is 1. The fourth-order valence-electron chi connectivity index (χ4n) is 4.34. The summed E-state index contributed by atoms with van der Waals surface area (Å²) in [4.78, 5) is 23.0. The van der Waals surface area contributed by atoms with Gasteiger partial charge in [0.1, 0.15) is 12.1 Å². The predicted octanol–water partition coefficient (Wildman–Crippen LogP) is 4.45. The molecule has 34 heavy (non-hydrogen) atoms. The van der Waals surface area contributed by atoms with Gasteiger partial charge in [0.05, 0.1) is 17.5 Å². The third kappa shape index (κ3) is 4.87. The summed E-state index contributed by atoms with van der Waals surface area (Å²) in [6.07, 6.45) is 3.43. The van der Waals surface area contributed by atoms with Crippen molar-refractivity contribution in [1.82, 2.24) is 9.97 Å². The molecule has 5 rings (SSSR count). The van der Waals surface area contributed by atoms with Crippen LogP contribution in [0.15, 0.2) is 60.6 Å². The van der Waals surface area contributed by atoms with E-state index in [0.29, 0.717) is 54.9 Å². The Labute approximate surface area is 202 Å². The lowest BCUT2D eigenvalue weighted by molar-refractivity contribution is -0.142. The number of aromatic nitrogens is 2. The van der Waals surface area contributed by atoms with Crippen molar-refractivity contribution >= 4 is 40.2 Å². The second-order valence-corrected chi connectivity index (χ2v) is 8.91. The van der Waals surface area contributed by atoms with Crippen molar-refractivity contribution in [2.24, 2.45) is 5.92 Å². The monoisotopic (exact) mass is 480 g/mol. The van der Waals surface area contributed by atoms with Gasteiger partial charge in [-0.2, -0.15) is 4.98 Å². The van der Waals surface area contributed by atoms with E-state index in [2.05, 4.69) is 17.4 Å². The first-order valence-corrected chi connectivity index (χ1v) is 11.6. The Balaban J connectivity index is 1.49. The maximum Gasteiger partial charge on any atom is 0.306 e. The van der Waals surface area contributed by atoms with Crippen molar-refractivity contribution in [3.8, 4) is 0 Å². The van der Waals surface area contributed by atoms with E-state index in [9.17, 15) is 9.90 Å². The molecule has 1 atom stereocenters. The van der Waals surface area contributed by atoms with Crippen LogP contribution in [0.1, 0.15) is 18.4 Å². The smallest absolute Gasteiger partial charge is 0.306 e. The lowest BCUT2D eigenvalue weighted by Crippen LogP contribution is -2.37. The molecule has 0 spiro atoms. The highest BCUT2D eigenvalue weighted by Gasteiger charge is 2.27. The maximum atomic E-state index is 11.4. The maximum absolute atomic E-state index is 11.4. The molecular weight excluding hydrogens is 456 g/mol. The van der Waals surface area contributed by atoms with Gasteiger partial charge in [-0.3, -0.25) is 4.79 Å². The molecule has 1 saturated heterocycles. The summed E-state index contributed by atoms with van der Waals surface area (Å²) in [5.41, 5.74) is 1.90. The number of ether oxygens (including phenoxy) is 2. The van der Waals surface area contributed by atoms with Crippen LogP contribution in [0.4, 0.5) is 11.8 Å². The fraction of sp³-hybridized carbons (Fsp3) is 0.320. The molecule has 3 aromatic rings. The first-order valence-electron chi connectivity index (χ1n) is 11.3. The van der Waals surface area contributed by atoms with Crippen LogP contribution < -0.4 is 10.2 Å². The van der Waals surface area contributed by atoms with E-state index in [1.165, 1.54) is 0 Å². The number of nitrogens with one attached hydrogen (secondary N) is 1. The first-order chi connectivity index (χ1) is 16.6. The summed E-state index contributed by atoms with van der Waals surface area (Å²) in [5.74, 6) is 0.834. The molecule has 1 fully saturated rings. The van der Waals surface area contributed by atoms with Crippen LogP contribution in [0.5, 0.6) is 0 Å². The second kappa shape index (κ2) is 9.77. The van der Waals surface area contributed by atoms with E-state index < -0.39 is 5.97 Å². The number of anilines is 2. The molecule has 9 heteroatoms. The normalized spacial score (nSPS) is 17.1. The zero-order valence-corrected chi connectivity index (χ0v) is 19.2. The number of aliphatic carboxylic acids is 1. The molecule has 0 aliphatic carbocycles. The Morgan fingerprint density at radius 2 is 1.97 bits per heavy atom. The van der Waals surface area contributed by atoms with Crippen LogP contribution >= 0.6 is 11.6 Å². The molecule has 176 valence electrons. The van der Waals surface area contributed by atoms with Crippen LogP contribution in [0.25, 0.3) is 10.9 Å². The third-order valence-electron chi connectivity index (χ3n) is 6.20. The topological polar surface area (TPSA) is 96.8 Å². The predicted molar refractivity (Wildman–Crippen MR) is 130 cm³/mol. The summed E-state index contributed by atoms with van der Waals surface area (Å²) >= 11 is 6.31. The average molecular weight is 481 g/mol. The van der Waals surface area contributed by atoms with Gasteiger partial charge in [-0.1, -0.05) is 41.9 Å². The van der Waals surface area contributed by atoms with E-state index in [-0.39, 0.29) is 18.8 Å². The van der Waals surface area contributed by atoms with Crippen LogP contribution in [0.2, 0.25) is 5.02 Å². The zero-order chi connectivity index (χ0) is 23.5. The number of carboxylic acid groups (broad SMARTS) is 1. The molecule has 1 unspecified atom stereocenters. The number of hydrogen-bond acceptors (Lipinski definition) is 7. The van der Waals surface area contributed by atoms with Crippen LogP contribution in [-0.2, 0) is 20.7 Å². The molecule has 2 aliphatic rings. The van der Waals surface area contributed by atoms with Gasteiger partial charge < -0.3 is 24.8 Å². The minimum Gasteiger partial charge on any atom is -0.481 e. The van der Waals surface area contributed by atoms with Gasteiger partial charge >= 0.3 is 5.97 Å². The minimum absolute atomic E-state index is 0.183. The molecule has 0 bridgehead atoms. The minimum atomic E-state index is -0.744. The van der Waals surface area contributed by atoms with E-state index in [0.717, 1.165) is 16.5 Å². The van der Waals surface area contributed by atoms with E-state index >= 15 is 0 Å². The number of carboxylic acids is 1. The molecule has 1 aromatic heterocycles. The standard InChI is InChI=1S/C25H25ClN4O4/c26-18-6-7-20-19(13-18)23(29-25(28-20)30-10-8-17(9-11-30)24(31)32)27-21(22-14-33-15-34-22)12-16-4-2-1-3-5-16/h1-7,13-14,17,21H,8-12,15H2,(H,31,32)(H,27,28,29). The van der Waals surface area contributed by atoms with Gasteiger partial charge in [0.25, 0.3) is 0 Å². The third-order valence-corrected chi connectivity index (χ3v) is 6.44. The molecule has 0 radical (unpaired) electrons. The molecule has 2 aliphatic heterocycles. The Hall–Kier alpha value is -3.52. The zero-order valence-electron chi connectivity index (χ0n) is 18.5. The van der Waals surface area contributed by atoms with Crippen molar-refractivity contribution in [3.05, 3.63) is 71.1 Å². The fourth-order valence-corrected chi connectivity index (χ4v) is 4.51. The highest BCUT2D eigenvalue weighted by molar-refractivity contribution is 6.31. The summed E-state index contributed by atoms with van der Waals surface area (Å²) < 4.78 is 11.1. The second-order valence-electron chi connectivity index (χ2n) is 8.47. The van der Waals surface area contributed by atoms with Gasteiger partial charge in [0, 0.05) is 23.5 Å². The first kappa shape index (κ1) is 22.3. The Kier molecular flexibility index (Phi) is 6.40. The van der Waals surface area contributed by atoms with Gasteiger partial charge in [-0.05, 0) is 43.0 Å². The van der Waals surface area contributed by atoms with Crippen LogP contribution in [0.3, 0.4) is 0 Å². The van der Waals surface area contributed by atoms with Crippen LogP contribution in [-0.4, -0.2) is 47.0 Å². The van der Waals surface area contributed by atoms with Crippen molar-refractivity contribution in [2.75, 3.05) is 30.1 Å². The molecule has 2 aromatic carbocycles. The van der Waals surface area contributed by atoms with E-state index in [4.69, 9.17) is 31.0 Å². The van der Waals surface area contributed by atoms with Gasteiger partial charge in [-0.15, -0.1) is 0 Å². The molecule has 0 saturated carbocycles. The van der Waals surface area contributed by atoms with E-state index in [1.807, 2.05) is 35.2 Å². The summed E-state index contributed by atoms with van der Waals surface area (Å²) in [6, 6.07) is 15.4. The molecular formula is C25H25ClN4O4. The molecule has 2 N–H and O–H groups in total. The Morgan fingerprint density at radius 3 is 2.68 bits per heavy atom. The summed E-state index contributed by atoms with van der Waals surface area (Å²) in [7, 11) is 0.